The molecule has 1 fully saturated rings. The van der Waals surface area contributed by atoms with Crippen LogP contribution >= 0.6 is 11.3 Å². The van der Waals surface area contributed by atoms with Crippen molar-refractivity contribution in [2.45, 2.75) is 24.5 Å². The van der Waals surface area contributed by atoms with Gasteiger partial charge in [0, 0.05) is 29.1 Å². The molecule has 1 amide bonds. The molecule has 3 aromatic rings. The van der Waals surface area contributed by atoms with E-state index in [1.807, 2.05) is 60.7 Å². The van der Waals surface area contributed by atoms with Crippen molar-refractivity contribution in [3.63, 3.8) is 0 Å². The Kier molecular flexibility index (Phi) is 4.62. The molecule has 1 aromatic heterocycles. The van der Waals surface area contributed by atoms with E-state index < -0.39 is 6.10 Å². The Balaban J connectivity index is 1.64. The molecular formula is C22H21NO2S. The number of benzene rings is 2. The Labute approximate surface area is 157 Å². The number of aliphatic hydroxyl groups excluding tert-OH is 1. The number of carbonyl (C=O) groups is 1. The summed E-state index contributed by atoms with van der Waals surface area (Å²) >= 11 is 1.59. The van der Waals surface area contributed by atoms with E-state index in [-0.39, 0.29) is 17.9 Å². The lowest BCUT2D eigenvalue weighted by atomic mass is 9.88. The fraction of sp³-hybridized carbons (Fsp3) is 0.227. The van der Waals surface area contributed by atoms with Gasteiger partial charge in [-0.05, 0) is 23.3 Å². The standard InChI is InChI=1S/C22H21NO2S/c1-23-20(24)14-17(15-8-4-2-5-9-15)21(23)22(25)19-13-12-18(26-19)16-10-6-3-7-11-16/h2-13,17,21-22,25H,14H2,1H3/t17-,21-,22?/m1/s1. The predicted molar refractivity (Wildman–Crippen MR) is 105 cm³/mol. The van der Waals surface area contributed by atoms with Crippen LogP contribution in [0.5, 0.6) is 0 Å². The van der Waals surface area contributed by atoms with E-state index in [4.69, 9.17) is 0 Å². The summed E-state index contributed by atoms with van der Waals surface area (Å²) in [4.78, 5) is 16.1. The summed E-state index contributed by atoms with van der Waals surface area (Å²) in [6.45, 7) is 0. The van der Waals surface area contributed by atoms with E-state index in [1.165, 1.54) is 0 Å². The number of nitrogens with zero attached hydrogens (tertiary/aromatic N) is 1. The monoisotopic (exact) mass is 363 g/mol. The highest BCUT2D eigenvalue weighted by Crippen LogP contribution is 2.42. The van der Waals surface area contributed by atoms with Crippen molar-refractivity contribution < 1.29 is 9.90 Å². The second kappa shape index (κ2) is 7.06. The number of rotatable bonds is 4. The van der Waals surface area contributed by atoms with Crippen molar-refractivity contribution in [2.24, 2.45) is 0 Å². The SMILES string of the molecule is CN1C(=O)C[C@H](c2ccccc2)[C@@H]1C(O)c1ccc(-c2ccccc2)s1. The number of hydrogen-bond donors (Lipinski definition) is 1. The zero-order valence-electron chi connectivity index (χ0n) is 14.6. The number of aliphatic hydroxyl groups is 1. The van der Waals surface area contributed by atoms with Gasteiger partial charge in [-0.1, -0.05) is 60.7 Å². The zero-order chi connectivity index (χ0) is 18.1. The van der Waals surface area contributed by atoms with Crippen molar-refractivity contribution in [1.29, 1.82) is 0 Å². The van der Waals surface area contributed by atoms with Crippen LogP contribution in [0.1, 0.15) is 28.9 Å². The topological polar surface area (TPSA) is 40.5 Å². The van der Waals surface area contributed by atoms with Crippen molar-refractivity contribution in [3.8, 4) is 10.4 Å². The first-order chi connectivity index (χ1) is 12.6. The van der Waals surface area contributed by atoms with Crippen LogP contribution < -0.4 is 0 Å². The summed E-state index contributed by atoms with van der Waals surface area (Å²) in [5.74, 6) is 0.0914. The number of thiophene rings is 1. The Morgan fingerprint density at radius 2 is 1.65 bits per heavy atom. The van der Waals surface area contributed by atoms with E-state index in [2.05, 4.69) is 12.1 Å². The average Bonchev–Trinajstić information content (AvgIpc) is 3.29. The molecule has 0 bridgehead atoms. The summed E-state index contributed by atoms with van der Waals surface area (Å²) in [6, 6.07) is 24.0. The predicted octanol–water partition coefficient (Wildman–Crippen LogP) is 4.46. The molecule has 1 aliphatic rings. The number of carbonyl (C=O) groups excluding carboxylic acids is 1. The molecule has 2 aromatic carbocycles. The summed E-state index contributed by atoms with van der Waals surface area (Å²) in [5, 5.41) is 11.1. The molecule has 1 aliphatic heterocycles. The van der Waals surface area contributed by atoms with Crippen LogP contribution in [0.4, 0.5) is 0 Å². The first kappa shape index (κ1) is 17.0. The molecular weight excluding hydrogens is 342 g/mol. The minimum absolute atomic E-state index is 0.00553. The van der Waals surface area contributed by atoms with Gasteiger partial charge in [0.05, 0.1) is 6.04 Å². The minimum atomic E-state index is -0.695. The third kappa shape index (κ3) is 3.06. The molecule has 1 unspecified atom stereocenters. The molecule has 1 N–H and O–H groups in total. The van der Waals surface area contributed by atoms with E-state index in [0.717, 1.165) is 20.9 Å². The molecule has 4 heteroatoms. The summed E-state index contributed by atoms with van der Waals surface area (Å²) in [5.41, 5.74) is 2.25. The normalized spacial score (nSPS) is 21.2. The van der Waals surface area contributed by atoms with Gasteiger partial charge < -0.3 is 10.0 Å². The summed E-state index contributed by atoms with van der Waals surface area (Å²) in [7, 11) is 1.80. The van der Waals surface area contributed by atoms with E-state index in [0.29, 0.717) is 6.42 Å². The molecule has 4 rings (SSSR count). The molecule has 0 saturated carbocycles. The third-order valence-corrected chi connectivity index (χ3v) is 6.38. The fourth-order valence-corrected chi connectivity index (χ4v) is 4.81. The molecule has 1 saturated heterocycles. The van der Waals surface area contributed by atoms with Crippen LogP contribution in [-0.2, 0) is 4.79 Å². The second-order valence-corrected chi connectivity index (χ2v) is 7.84. The number of likely N-dealkylation sites (tertiary alicyclic amines) is 1. The molecule has 0 radical (unpaired) electrons. The van der Waals surface area contributed by atoms with Crippen molar-refractivity contribution >= 4 is 17.2 Å². The maximum absolute atomic E-state index is 12.3. The number of likely N-dealkylation sites (N-methyl/N-ethyl adjacent to an activating group) is 1. The van der Waals surface area contributed by atoms with Gasteiger partial charge in [0.25, 0.3) is 0 Å². The van der Waals surface area contributed by atoms with Gasteiger partial charge in [-0.25, -0.2) is 0 Å². The Bertz CT molecular complexity index is 891. The lowest BCUT2D eigenvalue weighted by Gasteiger charge is -2.29. The molecule has 0 spiro atoms. The van der Waals surface area contributed by atoms with Gasteiger partial charge in [0.1, 0.15) is 6.10 Å². The first-order valence-corrected chi connectivity index (χ1v) is 9.60. The molecule has 3 atom stereocenters. The van der Waals surface area contributed by atoms with E-state index in [1.54, 1.807) is 23.3 Å². The highest BCUT2D eigenvalue weighted by Gasteiger charge is 2.43. The summed E-state index contributed by atoms with van der Waals surface area (Å²) in [6.07, 6.45) is -0.252. The number of hydrogen-bond acceptors (Lipinski definition) is 3. The van der Waals surface area contributed by atoms with Crippen LogP contribution in [0.3, 0.4) is 0 Å². The highest BCUT2D eigenvalue weighted by atomic mass is 32.1. The van der Waals surface area contributed by atoms with Crippen LogP contribution in [-0.4, -0.2) is 29.0 Å². The van der Waals surface area contributed by atoms with Gasteiger partial charge in [0.15, 0.2) is 0 Å². The van der Waals surface area contributed by atoms with Crippen LogP contribution in [0, 0.1) is 0 Å². The zero-order valence-corrected chi connectivity index (χ0v) is 15.4. The van der Waals surface area contributed by atoms with Crippen LogP contribution in [0.15, 0.2) is 72.8 Å². The third-order valence-electron chi connectivity index (χ3n) is 5.18. The molecule has 132 valence electrons. The first-order valence-electron chi connectivity index (χ1n) is 8.79. The Morgan fingerprint density at radius 3 is 2.35 bits per heavy atom. The average molecular weight is 363 g/mol. The van der Waals surface area contributed by atoms with Crippen molar-refractivity contribution in [2.75, 3.05) is 7.05 Å². The van der Waals surface area contributed by atoms with Gasteiger partial charge >= 0.3 is 0 Å². The van der Waals surface area contributed by atoms with Gasteiger partial charge in [-0.3, -0.25) is 4.79 Å². The van der Waals surface area contributed by atoms with Crippen molar-refractivity contribution in [3.05, 3.63) is 83.2 Å². The Hall–Kier alpha value is -2.43. The number of amides is 1. The molecule has 0 aliphatic carbocycles. The van der Waals surface area contributed by atoms with E-state index >= 15 is 0 Å². The maximum Gasteiger partial charge on any atom is 0.223 e. The van der Waals surface area contributed by atoms with Crippen molar-refractivity contribution in [1.82, 2.24) is 4.90 Å². The van der Waals surface area contributed by atoms with Gasteiger partial charge in [-0.15, -0.1) is 11.3 Å². The largest absolute Gasteiger partial charge is 0.385 e. The Morgan fingerprint density at radius 1 is 1.00 bits per heavy atom. The summed E-state index contributed by atoms with van der Waals surface area (Å²) < 4.78 is 0. The molecule has 2 heterocycles. The molecule has 26 heavy (non-hydrogen) atoms. The van der Waals surface area contributed by atoms with Crippen LogP contribution in [0.25, 0.3) is 10.4 Å². The smallest absolute Gasteiger partial charge is 0.223 e. The lowest BCUT2D eigenvalue weighted by Crippen LogP contribution is -2.36. The highest BCUT2D eigenvalue weighted by molar-refractivity contribution is 7.15. The quantitative estimate of drug-likeness (QED) is 0.743. The van der Waals surface area contributed by atoms with Gasteiger partial charge in [-0.2, -0.15) is 0 Å². The lowest BCUT2D eigenvalue weighted by molar-refractivity contribution is -0.128. The minimum Gasteiger partial charge on any atom is -0.385 e. The van der Waals surface area contributed by atoms with Gasteiger partial charge in [0.2, 0.25) is 5.91 Å². The van der Waals surface area contributed by atoms with Crippen LogP contribution in [0.2, 0.25) is 0 Å². The maximum atomic E-state index is 12.3. The molecule has 3 nitrogen and oxygen atoms in total. The fourth-order valence-electron chi connectivity index (χ4n) is 3.77. The second-order valence-electron chi connectivity index (χ2n) is 6.73. The van der Waals surface area contributed by atoms with E-state index in [9.17, 15) is 9.90 Å².